The quantitative estimate of drug-likeness (QED) is 0.567. The summed E-state index contributed by atoms with van der Waals surface area (Å²) in [5.74, 6) is 1.13. The molecule has 0 heteroatoms. The van der Waals surface area contributed by atoms with E-state index >= 15 is 0 Å². The first-order valence-electron chi connectivity index (χ1n) is 9.09. The van der Waals surface area contributed by atoms with Gasteiger partial charge in [-0.15, -0.1) is 0 Å². The predicted molar refractivity (Wildman–Crippen MR) is 110 cm³/mol. The third-order valence-electron chi connectivity index (χ3n) is 4.54. The lowest BCUT2D eigenvalue weighted by atomic mass is 9.90. The highest BCUT2D eigenvalue weighted by atomic mass is 14.2. The Hall–Kier alpha value is -2.60. The number of allylic oxidation sites excluding steroid dienone is 14. The fraction of sp³-hybridized carbons (Fsp3) is 0.200. The lowest BCUT2D eigenvalue weighted by Gasteiger charge is -2.14. The minimum absolute atomic E-state index is 0.285. The van der Waals surface area contributed by atoms with Crippen molar-refractivity contribution in [2.75, 3.05) is 0 Å². The van der Waals surface area contributed by atoms with E-state index in [2.05, 4.69) is 117 Å². The molecule has 0 amide bonds. The monoisotopic (exact) mass is 326 g/mol. The largest absolute Gasteiger partial charge is 0.0779 e. The average Bonchev–Trinajstić information content (AvgIpc) is 2.89. The summed E-state index contributed by atoms with van der Waals surface area (Å²) in [5.41, 5.74) is 3.90. The maximum atomic E-state index is 2.37. The molecule has 3 rings (SSSR count). The molecule has 0 aromatic heterocycles. The van der Waals surface area contributed by atoms with E-state index in [-0.39, 0.29) is 5.92 Å². The van der Waals surface area contributed by atoms with Crippen molar-refractivity contribution in [1.29, 1.82) is 0 Å². The van der Waals surface area contributed by atoms with Gasteiger partial charge < -0.3 is 0 Å². The molecule has 1 aromatic carbocycles. The molecule has 0 fully saturated rings. The van der Waals surface area contributed by atoms with E-state index in [1.165, 1.54) is 16.7 Å². The van der Waals surface area contributed by atoms with Crippen molar-refractivity contribution in [3.8, 4) is 0 Å². The van der Waals surface area contributed by atoms with Crippen molar-refractivity contribution in [2.45, 2.75) is 13.8 Å². The molecule has 0 bridgehead atoms. The molecule has 0 spiro atoms. The Labute approximate surface area is 152 Å². The molecule has 0 saturated heterocycles. The smallest absolute Gasteiger partial charge is 0.0207 e. The van der Waals surface area contributed by atoms with Crippen LogP contribution >= 0.6 is 0 Å². The van der Waals surface area contributed by atoms with E-state index in [0.717, 1.165) is 0 Å². The Balaban J connectivity index is 1.97. The third-order valence-corrected chi connectivity index (χ3v) is 4.54. The second-order valence-electron chi connectivity index (χ2n) is 6.77. The molecule has 126 valence electrons. The summed E-state index contributed by atoms with van der Waals surface area (Å²) in [6.45, 7) is 4.46. The van der Waals surface area contributed by atoms with Crippen LogP contribution < -0.4 is 0 Å². The summed E-state index contributed by atoms with van der Waals surface area (Å²) in [6.07, 6.45) is 26.9. The van der Waals surface area contributed by atoms with Crippen LogP contribution in [0.25, 0.3) is 5.57 Å². The molecule has 2 aliphatic carbocycles. The molecule has 25 heavy (non-hydrogen) atoms. The molecule has 1 aromatic rings. The van der Waals surface area contributed by atoms with E-state index in [1.807, 2.05) is 0 Å². The number of rotatable bonds is 2. The Bertz CT molecular complexity index is 779. The van der Waals surface area contributed by atoms with Crippen LogP contribution in [0.4, 0.5) is 0 Å². The molecule has 3 atom stereocenters. The van der Waals surface area contributed by atoms with Gasteiger partial charge >= 0.3 is 0 Å². The van der Waals surface area contributed by atoms with Crippen molar-refractivity contribution in [3.63, 3.8) is 0 Å². The van der Waals surface area contributed by atoms with Crippen LogP contribution in [0, 0.1) is 17.8 Å². The molecule has 0 heterocycles. The van der Waals surface area contributed by atoms with Crippen LogP contribution in [0.3, 0.4) is 0 Å². The second kappa shape index (κ2) is 8.48. The highest BCUT2D eigenvalue weighted by Crippen LogP contribution is 2.27. The Morgan fingerprint density at radius 1 is 0.640 bits per heavy atom. The number of hydrogen-bond acceptors (Lipinski definition) is 0. The fourth-order valence-corrected chi connectivity index (χ4v) is 3.12. The first kappa shape index (κ1) is 17.2. The van der Waals surface area contributed by atoms with Gasteiger partial charge in [0.1, 0.15) is 0 Å². The number of benzene rings is 1. The average molecular weight is 326 g/mol. The van der Waals surface area contributed by atoms with Gasteiger partial charge in [0.05, 0.1) is 0 Å². The maximum absolute atomic E-state index is 2.37. The van der Waals surface area contributed by atoms with Gasteiger partial charge in [0.2, 0.25) is 0 Å². The fourth-order valence-electron chi connectivity index (χ4n) is 3.12. The topological polar surface area (TPSA) is 0 Å². The molecule has 0 N–H and O–H groups in total. The molecular formula is C25H26. The normalized spacial score (nSPS) is 30.7. The van der Waals surface area contributed by atoms with Gasteiger partial charge in [-0.1, -0.05) is 117 Å². The van der Waals surface area contributed by atoms with Crippen molar-refractivity contribution in [2.24, 2.45) is 17.8 Å². The van der Waals surface area contributed by atoms with Gasteiger partial charge in [0.15, 0.2) is 0 Å². The molecule has 0 radical (unpaired) electrons. The second-order valence-corrected chi connectivity index (χ2v) is 6.77. The first-order valence-corrected chi connectivity index (χ1v) is 9.09. The zero-order valence-corrected chi connectivity index (χ0v) is 15.0. The van der Waals surface area contributed by atoms with E-state index in [1.54, 1.807) is 0 Å². The van der Waals surface area contributed by atoms with E-state index in [9.17, 15) is 0 Å². The van der Waals surface area contributed by atoms with Crippen molar-refractivity contribution < 1.29 is 0 Å². The minimum atomic E-state index is 0.285. The molecule has 0 saturated carbocycles. The minimum Gasteiger partial charge on any atom is -0.0779 e. The van der Waals surface area contributed by atoms with Gasteiger partial charge in [-0.05, 0) is 28.5 Å². The van der Waals surface area contributed by atoms with Crippen LogP contribution in [0.2, 0.25) is 0 Å². The summed E-state index contributed by atoms with van der Waals surface area (Å²) in [6, 6.07) is 10.6. The lowest BCUT2D eigenvalue weighted by Crippen LogP contribution is -2.00. The van der Waals surface area contributed by atoms with Crippen molar-refractivity contribution in [1.82, 2.24) is 0 Å². The summed E-state index contributed by atoms with van der Waals surface area (Å²) in [4.78, 5) is 0. The van der Waals surface area contributed by atoms with E-state index < -0.39 is 0 Å². The summed E-state index contributed by atoms with van der Waals surface area (Å²) in [5, 5.41) is 0. The van der Waals surface area contributed by atoms with Gasteiger partial charge in [0.25, 0.3) is 0 Å². The molecule has 2 aliphatic rings. The van der Waals surface area contributed by atoms with E-state index in [4.69, 9.17) is 0 Å². The zero-order chi connectivity index (χ0) is 17.5. The zero-order valence-electron chi connectivity index (χ0n) is 15.0. The predicted octanol–water partition coefficient (Wildman–Crippen LogP) is 6.69. The summed E-state index contributed by atoms with van der Waals surface area (Å²) >= 11 is 0. The molecular weight excluding hydrogens is 300 g/mol. The van der Waals surface area contributed by atoms with Crippen LogP contribution in [0.15, 0.2) is 109 Å². The third kappa shape index (κ3) is 4.93. The van der Waals surface area contributed by atoms with Crippen LogP contribution in [-0.4, -0.2) is 0 Å². The van der Waals surface area contributed by atoms with Gasteiger partial charge in [-0.25, -0.2) is 0 Å². The highest BCUT2D eigenvalue weighted by molar-refractivity contribution is 5.75. The van der Waals surface area contributed by atoms with Gasteiger partial charge in [-0.3, -0.25) is 0 Å². The number of hydrogen-bond donors (Lipinski definition) is 0. The molecule has 0 aliphatic heterocycles. The van der Waals surface area contributed by atoms with E-state index in [0.29, 0.717) is 11.8 Å². The lowest BCUT2D eigenvalue weighted by molar-refractivity contribution is 0.880. The van der Waals surface area contributed by atoms with Gasteiger partial charge in [-0.2, -0.15) is 0 Å². The first-order chi connectivity index (χ1) is 12.2. The van der Waals surface area contributed by atoms with Crippen LogP contribution in [0.1, 0.15) is 19.4 Å². The SMILES string of the molecule is CC1C=C/C(C2C=CC=CC(c3ccccc3)=C2)=C\C(C)/C=C\C=C/1. The van der Waals surface area contributed by atoms with Crippen molar-refractivity contribution in [3.05, 3.63) is 114 Å². The Morgan fingerprint density at radius 3 is 2.16 bits per heavy atom. The van der Waals surface area contributed by atoms with Crippen LogP contribution in [-0.2, 0) is 0 Å². The maximum Gasteiger partial charge on any atom is 0.0207 e. The Morgan fingerprint density at radius 2 is 1.36 bits per heavy atom. The molecule has 3 unspecified atom stereocenters. The molecule has 0 nitrogen and oxygen atoms in total. The summed E-state index contributed by atoms with van der Waals surface area (Å²) < 4.78 is 0. The van der Waals surface area contributed by atoms with Crippen molar-refractivity contribution >= 4 is 5.57 Å². The summed E-state index contributed by atoms with van der Waals surface area (Å²) in [7, 11) is 0. The van der Waals surface area contributed by atoms with Crippen LogP contribution in [0.5, 0.6) is 0 Å². The van der Waals surface area contributed by atoms with Gasteiger partial charge in [0, 0.05) is 5.92 Å². The highest BCUT2D eigenvalue weighted by Gasteiger charge is 2.11. The Kier molecular flexibility index (Phi) is 5.85. The standard InChI is InChI=1S/C25H26/c1-20-10-6-7-11-21(2)18-25(17-16-20)24-15-9-8-14-23(19-24)22-12-4-3-5-13-22/h3-21,24H,1-2H3/b10-6-,11-7-,17-16?,25-18+.